The Kier molecular flexibility index (Phi) is 2.87. The molecule has 0 spiro atoms. The highest BCUT2D eigenvalue weighted by molar-refractivity contribution is 7.98. The molecule has 0 aromatic carbocycles. The molecule has 0 saturated carbocycles. The number of nitrogens with one attached hydrogen (secondary N) is 1. The van der Waals surface area contributed by atoms with Crippen molar-refractivity contribution in [1.82, 2.24) is 4.98 Å². The van der Waals surface area contributed by atoms with E-state index in [-0.39, 0.29) is 0 Å². The number of hydrogen-bond acceptors (Lipinski definition) is 1. The topological polar surface area (TPSA) is 15.8 Å². The molecule has 0 radical (unpaired) electrons. The quantitative estimate of drug-likeness (QED) is 0.663. The SMILES string of the molecule is CCCc1c[nH]c(SC)c1. The van der Waals surface area contributed by atoms with E-state index in [0.29, 0.717) is 0 Å². The standard InChI is InChI=1S/C8H13NS/c1-3-4-7-5-8(10-2)9-6-7/h5-6,9H,3-4H2,1-2H3. The first kappa shape index (κ1) is 7.73. The van der Waals surface area contributed by atoms with Gasteiger partial charge in [0.1, 0.15) is 0 Å². The van der Waals surface area contributed by atoms with E-state index in [0.717, 1.165) is 0 Å². The van der Waals surface area contributed by atoms with E-state index in [1.807, 2.05) is 0 Å². The zero-order valence-electron chi connectivity index (χ0n) is 6.48. The molecule has 0 atom stereocenters. The van der Waals surface area contributed by atoms with Gasteiger partial charge >= 0.3 is 0 Å². The molecule has 0 amide bonds. The number of thioether (sulfide) groups is 1. The fourth-order valence-corrected chi connectivity index (χ4v) is 1.41. The first-order chi connectivity index (χ1) is 4.86. The molecule has 1 aromatic rings. The van der Waals surface area contributed by atoms with Crippen LogP contribution in [0.5, 0.6) is 0 Å². The third-order valence-electron chi connectivity index (χ3n) is 1.47. The minimum atomic E-state index is 1.19. The van der Waals surface area contributed by atoms with Crippen LogP contribution in [0.3, 0.4) is 0 Å². The minimum Gasteiger partial charge on any atom is -0.356 e. The van der Waals surface area contributed by atoms with E-state index in [1.165, 1.54) is 23.4 Å². The van der Waals surface area contributed by atoms with Gasteiger partial charge in [-0.1, -0.05) is 13.3 Å². The Hall–Kier alpha value is -0.370. The van der Waals surface area contributed by atoms with Crippen molar-refractivity contribution in [3.8, 4) is 0 Å². The van der Waals surface area contributed by atoms with Gasteiger partial charge in [-0.05, 0) is 24.3 Å². The van der Waals surface area contributed by atoms with Gasteiger partial charge in [0.15, 0.2) is 0 Å². The van der Waals surface area contributed by atoms with Crippen molar-refractivity contribution in [2.75, 3.05) is 6.26 Å². The predicted octanol–water partition coefficient (Wildman–Crippen LogP) is 2.69. The lowest BCUT2D eigenvalue weighted by molar-refractivity contribution is 0.923. The Bertz CT molecular complexity index is 193. The summed E-state index contributed by atoms with van der Waals surface area (Å²) in [5.74, 6) is 0. The van der Waals surface area contributed by atoms with Gasteiger partial charge in [-0.25, -0.2) is 0 Å². The average molecular weight is 155 g/mol. The summed E-state index contributed by atoms with van der Waals surface area (Å²) in [6, 6.07) is 2.22. The Balaban J connectivity index is 2.59. The monoisotopic (exact) mass is 155 g/mol. The van der Waals surface area contributed by atoms with Crippen LogP contribution in [0.25, 0.3) is 0 Å². The third-order valence-corrected chi connectivity index (χ3v) is 2.15. The van der Waals surface area contributed by atoms with E-state index in [1.54, 1.807) is 11.8 Å². The molecule has 10 heavy (non-hydrogen) atoms. The van der Waals surface area contributed by atoms with E-state index in [4.69, 9.17) is 0 Å². The molecule has 2 heteroatoms. The van der Waals surface area contributed by atoms with Gasteiger partial charge in [0.05, 0.1) is 5.03 Å². The van der Waals surface area contributed by atoms with Crippen LogP contribution in [0, 0.1) is 0 Å². The fraction of sp³-hybridized carbons (Fsp3) is 0.500. The molecule has 0 aliphatic heterocycles. The van der Waals surface area contributed by atoms with Crippen molar-refractivity contribution in [3.05, 3.63) is 17.8 Å². The van der Waals surface area contributed by atoms with Crippen LogP contribution in [-0.4, -0.2) is 11.2 Å². The molecule has 0 bridgehead atoms. The highest BCUT2D eigenvalue weighted by atomic mass is 32.2. The molecule has 0 aliphatic carbocycles. The van der Waals surface area contributed by atoms with E-state index < -0.39 is 0 Å². The second kappa shape index (κ2) is 3.71. The number of hydrogen-bond donors (Lipinski definition) is 1. The molecule has 0 saturated heterocycles. The number of H-pyrrole nitrogens is 1. The van der Waals surface area contributed by atoms with Crippen molar-refractivity contribution >= 4 is 11.8 Å². The maximum absolute atomic E-state index is 3.20. The van der Waals surface area contributed by atoms with Gasteiger partial charge in [0.25, 0.3) is 0 Å². The molecule has 0 unspecified atom stereocenters. The first-order valence-corrected chi connectivity index (χ1v) is 4.80. The van der Waals surface area contributed by atoms with Crippen LogP contribution in [-0.2, 0) is 6.42 Å². The van der Waals surface area contributed by atoms with Gasteiger partial charge in [-0.2, -0.15) is 0 Å². The molecular formula is C8H13NS. The summed E-state index contributed by atoms with van der Waals surface area (Å²) in [4.78, 5) is 3.20. The lowest BCUT2D eigenvalue weighted by atomic mass is 10.2. The summed E-state index contributed by atoms with van der Waals surface area (Å²) < 4.78 is 0. The molecule has 1 nitrogen and oxygen atoms in total. The Labute approximate surface area is 66.2 Å². The lowest BCUT2D eigenvalue weighted by Crippen LogP contribution is -1.74. The van der Waals surface area contributed by atoms with Crippen LogP contribution in [0.2, 0.25) is 0 Å². The molecular weight excluding hydrogens is 142 g/mol. The second-order valence-corrected chi connectivity index (χ2v) is 3.17. The van der Waals surface area contributed by atoms with E-state index in [2.05, 4.69) is 30.4 Å². The zero-order chi connectivity index (χ0) is 7.40. The van der Waals surface area contributed by atoms with Crippen LogP contribution >= 0.6 is 11.8 Å². The Morgan fingerprint density at radius 1 is 1.60 bits per heavy atom. The highest BCUT2D eigenvalue weighted by Crippen LogP contribution is 2.14. The average Bonchev–Trinajstić information content (AvgIpc) is 2.37. The van der Waals surface area contributed by atoms with E-state index in [9.17, 15) is 0 Å². The summed E-state index contributed by atoms with van der Waals surface area (Å²) >= 11 is 1.76. The van der Waals surface area contributed by atoms with Gasteiger partial charge < -0.3 is 4.98 Å². The summed E-state index contributed by atoms with van der Waals surface area (Å²) in [5, 5.41) is 1.27. The van der Waals surface area contributed by atoms with Gasteiger partial charge in [-0.3, -0.25) is 0 Å². The van der Waals surface area contributed by atoms with Crippen molar-refractivity contribution in [2.24, 2.45) is 0 Å². The maximum atomic E-state index is 3.20. The first-order valence-electron chi connectivity index (χ1n) is 3.58. The number of rotatable bonds is 3. The fourth-order valence-electron chi connectivity index (χ4n) is 0.966. The summed E-state index contributed by atoms with van der Waals surface area (Å²) in [5.41, 5.74) is 1.42. The number of aryl methyl sites for hydroxylation is 1. The van der Waals surface area contributed by atoms with Gasteiger partial charge in [0.2, 0.25) is 0 Å². The van der Waals surface area contributed by atoms with Crippen molar-refractivity contribution in [3.63, 3.8) is 0 Å². The molecule has 0 fully saturated rings. The van der Waals surface area contributed by atoms with Crippen molar-refractivity contribution in [1.29, 1.82) is 0 Å². The van der Waals surface area contributed by atoms with Crippen LogP contribution in [0.1, 0.15) is 18.9 Å². The molecule has 1 heterocycles. The molecule has 1 rings (SSSR count). The highest BCUT2D eigenvalue weighted by Gasteiger charge is 1.94. The van der Waals surface area contributed by atoms with Gasteiger partial charge in [-0.15, -0.1) is 11.8 Å². The summed E-state index contributed by atoms with van der Waals surface area (Å²) in [6.45, 7) is 2.20. The summed E-state index contributed by atoms with van der Waals surface area (Å²) in [7, 11) is 0. The predicted molar refractivity (Wildman–Crippen MR) is 46.6 cm³/mol. The maximum Gasteiger partial charge on any atom is 0.0721 e. The third kappa shape index (κ3) is 1.81. The lowest BCUT2D eigenvalue weighted by Gasteiger charge is -1.87. The minimum absolute atomic E-state index is 1.19. The summed E-state index contributed by atoms with van der Waals surface area (Å²) in [6.07, 6.45) is 6.60. The van der Waals surface area contributed by atoms with Crippen LogP contribution in [0.15, 0.2) is 17.3 Å². The Morgan fingerprint density at radius 2 is 2.40 bits per heavy atom. The van der Waals surface area contributed by atoms with Crippen LogP contribution in [0.4, 0.5) is 0 Å². The van der Waals surface area contributed by atoms with Crippen molar-refractivity contribution < 1.29 is 0 Å². The zero-order valence-corrected chi connectivity index (χ0v) is 7.29. The largest absolute Gasteiger partial charge is 0.356 e. The second-order valence-electron chi connectivity index (χ2n) is 2.33. The van der Waals surface area contributed by atoms with E-state index >= 15 is 0 Å². The number of aromatic amines is 1. The molecule has 1 aromatic heterocycles. The number of aromatic nitrogens is 1. The Morgan fingerprint density at radius 3 is 2.90 bits per heavy atom. The molecule has 0 aliphatic rings. The van der Waals surface area contributed by atoms with Gasteiger partial charge in [0, 0.05) is 6.20 Å². The smallest absolute Gasteiger partial charge is 0.0721 e. The van der Waals surface area contributed by atoms with Crippen molar-refractivity contribution in [2.45, 2.75) is 24.8 Å². The molecule has 56 valence electrons. The molecule has 1 N–H and O–H groups in total. The van der Waals surface area contributed by atoms with Crippen LogP contribution < -0.4 is 0 Å². The normalized spacial score (nSPS) is 10.2.